The maximum atomic E-state index is 12.5. The minimum Gasteiger partial charge on any atom is -0.391 e. The summed E-state index contributed by atoms with van der Waals surface area (Å²) in [5.74, 6) is 0.269. The molecule has 0 spiro atoms. The van der Waals surface area contributed by atoms with E-state index in [1.54, 1.807) is 24.1 Å². The molecule has 2 atom stereocenters. The molecule has 2 unspecified atom stereocenters. The second kappa shape index (κ2) is 6.22. The molecule has 3 N–H and O–H groups in total. The zero-order chi connectivity index (χ0) is 14.7. The fourth-order valence-electron chi connectivity index (χ4n) is 2.81. The van der Waals surface area contributed by atoms with Gasteiger partial charge in [0, 0.05) is 18.3 Å². The first kappa shape index (κ1) is 14.8. The third-order valence-corrected chi connectivity index (χ3v) is 4.02. The van der Waals surface area contributed by atoms with Crippen molar-refractivity contribution in [2.45, 2.75) is 51.2 Å². The zero-order valence-corrected chi connectivity index (χ0v) is 12.2. The summed E-state index contributed by atoms with van der Waals surface area (Å²) >= 11 is 0. The van der Waals surface area contributed by atoms with Gasteiger partial charge in [-0.3, -0.25) is 4.79 Å². The van der Waals surface area contributed by atoms with E-state index in [9.17, 15) is 9.90 Å². The lowest BCUT2D eigenvalue weighted by molar-refractivity contribution is 0.0268. The van der Waals surface area contributed by atoms with Crippen molar-refractivity contribution in [1.29, 1.82) is 0 Å². The van der Waals surface area contributed by atoms with Gasteiger partial charge >= 0.3 is 0 Å². The van der Waals surface area contributed by atoms with Gasteiger partial charge in [-0.05, 0) is 31.4 Å². The number of likely N-dealkylation sites (N-methyl/N-ethyl adjacent to an activating group) is 1. The van der Waals surface area contributed by atoms with E-state index in [1.165, 1.54) is 0 Å². The molecule has 0 aromatic carbocycles. The third kappa shape index (κ3) is 3.10. The Morgan fingerprint density at radius 2 is 2.15 bits per heavy atom. The molecule has 5 heteroatoms. The summed E-state index contributed by atoms with van der Waals surface area (Å²) in [7, 11) is 1.75. The number of aliphatic hydroxyl groups excluding tert-OH is 1. The molecule has 1 aromatic heterocycles. The molecular formula is C15H23N3O2. The van der Waals surface area contributed by atoms with Crippen LogP contribution >= 0.6 is 0 Å². The molecule has 1 aliphatic rings. The van der Waals surface area contributed by atoms with E-state index in [-0.39, 0.29) is 11.9 Å². The smallest absolute Gasteiger partial charge is 0.254 e. The van der Waals surface area contributed by atoms with E-state index < -0.39 is 6.10 Å². The highest BCUT2D eigenvalue weighted by Crippen LogP contribution is 2.24. The number of nitrogen functional groups attached to an aromatic ring is 1. The molecule has 1 saturated carbocycles. The fraction of sp³-hybridized carbons (Fsp3) is 0.600. The molecule has 0 saturated heterocycles. The lowest BCUT2D eigenvalue weighted by Crippen LogP contribution is -2.46. The van der Waals surface area contributed by atoms with Gasteiger partial charge in [0.1, 0.15) is 5.82 Å². The predicted molar refractivity (Wildman–Crippen MR) is 78.4 cm³/mol. The summed E-state index contributed by atoms with van der Waals surface area (Å²) < 4.78 is 0. The fourth-order valence-corrected chi connectivity index (χ4v) is 2.81. The van der Waals surface area contributed by atoms with E-state index in [0.717, 1.165) is 37.8 Å². The lowest BCUT2D eigenvalue weighted by Gasteiger charge is -2.35. The van der Waals surface area contributed by atoms with Crippen molar-refractivity contribution in [2.75, 3.05) is 12.8 Å². The number of aromatic nitrogens is 1. The van der Waals surface area contributed by atoms with Crippen LogP contribution in [0.15, 0.2) is 12.1 Å². The Morgan fingerprint density at radius 1 is 1.45 bits per heavy atom. The number of carbonyl (C=O) groups excluding carboxylic acids is 1. The van der Waals surface area contributed by atoms with Crippen molar-refractivity contribution >= 4 is 11.7 Å². The largest absolute Gasteiger partial charge is 0.391 e. The molecule has 1 fully saturated rings. The first-order valence-corrected chi connectivity index (χ1v) is 7.24. The maximum Gasteiger partial charge on any atom is 0.254 e. The molecule has 2 rings (SSSR count). The van der Waals surface area contributed by atoms with E-state index in [2.05, 4.69) is 4.98 Å². The van der Waals surface area contributed by atoms with E-state index >= 15 is 0 Å². The number of aryl methyl sites for hydroxylation is 1. The van der Waals surface area contributed by atoms with Crippen molar-refractivity contribution in [3.05, 3.63) is 23.4 Å². The van der Waals surface area contributed by atoms with Crippen LogP contribution in [0.1, 0.15) is 48.7 Å². The highest BCUT2D eigenvalue weighted by Gasteiger charge is 2.30. The summed E-state index contributed by atoms with van der Waals surface area (Å²) in [5.41, 5.74) is 7.11. The zero-order valence-electron chi connectivity index (χ0n) is 12.2. The molecule has 0 radical (unpaired) electrons. The summed E-state index contributed by atoms with van der Waals surface area (Å²) in [4.78, 5) is 18.4. The number of amides is 1. The molecule has 5 nitrogen and oxygen atoms in total. The SMILES string of the molecule is CCc1cc(C(=O)N(C)C2CCCCC2O)cc(N)n1. The van der Waals surface area contributed by atoms with Crippen LogP contribution in [0.2, 0.25) is 0 Å². The Hall–Kier alpha value is -1.62. The van der Waals surface area contributed by atoms with Crippen molar-refractivity contribution < 1.29 is 9.90 Å². The van der Waals surface area contributed by atoms with Gasteiger partial charge < -0.3 is 15.7 Å². The van der Waals surface area contributed by atoms with Gasteiger partial charge in [-0.2, -0.15) is 0 Å². The number of anilines is 1. The number of hydrogen-bond acceptors (Lipinski definition) is 4. The van der Waals surface area contributed by atoms with Crippen LogP contribution in [0.5, 0.6) is 0 Å². The number of carbonyl (C=O) groups is 1. The topological polar surface area (TPSA) is 79.5 Å². The van der Waals surface area contributed by atoms with Gasteiger partial charge in [0.2, 0.25) is 0 Å². The Morgan fingerprint density at radius 3 is 2.80 bits per heavy atom. The van der Waals surface area contributed by atoms with Crippen LogP contribution in [0.4, 0.5) is 5.82 Å². The first-order valence-electron chi connectivity index (χ1n) is 7.24. The molecule has 0 bridgehead atoms. The predicted octanol–water partition coefficient (Wildman–Crippen LogP) is 1.60. The standard InChI is InChI=1S/C15H23N3O2/c1-3-11-8-10(9-14(16)17-11)15(20)18(2)12-6-4-5-7-13(12)19/h8-9,12-13,19H,3-7H2,1-2H3,(H2,16,17). The Balaban J connectivity index is 2.19. The van der Waals surface area contributed by atoms with E-state index in [1.807, 2.05) is 6.92 Å². The molecule has 110 valence electrons. The number of rotatable bonds is 3. The minimum absolute atomic E-state index is 0.0975. The second-order valence-electron chi connectivity index (χ2n) is 5.46. The third-order valence-electron chi connectivity index (χ3n) is 4.02. The average molecular weight is 277 g/mol. The van der Waals surface area contributed by atoms with Crippen molar-refractivity contribution in [2.24, 2.45) is 0 Å². The minimum atomic E-state index is -0.428. The molecule has 0 aliphatic heterocycles. The van der Waals surface area contributed by atoms with Crippen LogP contribution in [0.3, 0.4) is 0 Å². The van der Waals surface area contributed by atoms with E-state index in [4.69, 9.17) is 5.73 Å². The van der Waals surface area contributed by atoms with Crippen molar-refractivity contribution in [1.82, 2.24) is 9.88 Å². The number of hydrogen-bond donors (Lipinski definition) is 2. The lowest BCUT2D eigenvalue weighted by atomic mass is 9.91. The van der Waals surface area contributed by atoms with Crippen LogP contribution in [0, 0.1) is 0 Å². The summed E-state index contributed by atoms with van der Waals surface area (Å²) in [6, 6.07) is 3.29. The molecule has 1 aliphatic carbocycles. The number of aliphatic hydroxyl groups is 1. The maximum absolute atomic E-state index is 12.5. The van der Waals surface area contributed by atoms with Crippen LogP contribution in [0.25, 0.3) is 0 Å². The highest BCUT2D eigenvalue weighted by atomic mass is 16.3. The van der Waals surface area contributed by atoms with E-state index in [0.29, 0.717) is 11.4 Å². The highest BCUT2D eigenvalue weighted by molar-refractivity contribution is 5.95. The van der Waals surface area contributed by atoms with Crippen LogP contribution in [-0.4, -0.2) is 40.1 Å². The van der Waals surface area contributed by atoms with Gasteiger partial charge in [-0.15, -0.1) is 0 Å². The summed E-state index contributed by atoms with van der Waals surface area (Å²) in [6.45, 7) is 1.98. The van der Waals surface area contributed by atoms with Crippen LogP contribution < -0.4 is 5.73 Å². The molecule has 1 heterocycles. The number of nitrogens with zero attached hydrogens (tertiary/aromatic N) is 2. The number of nitrogens with two attached hydrogens (primary N) is 1. The van der Waals surface area contributed by atoms with Gasteiger partial charge in [0.25, 0.3) is 5.91 Å². The molecule has 20 heavy (non-hydrogen) atoms. The monoisotopic (exact) mass is 277 g/mol. The summed E-state index contributed by atoms with van der Waals surface area (Å²) in [6.07, 6.45) is 4.01. The van der Waals surface area contributed by atoms with Gasteiger partial charge in [-0.1, -0.05) is 19.8 Å². The summed E-state index contributed by atoms with van der Waals surface area (Å²) in [5, 5.41) is 10.1. The molecular weight excluding hydrogens is 254 g/mol. The van der Waals surface area contributed by atoms with Crippen molar-refractivity contribution in [3.63, 3.8) is 0 Å². The first-order chi connectivity index (χ1) is 9.52. The van der Waals surface area contributed by atoms with Crippen molar-refractivity contribution in [3.8, 4) is 0 Å². The Labute approximate surface area is 119 Å². The quantitative estimate of drug-likeness (QED) is 0.879. The van der Waals surface area contributed by atoms with Gasteiger partial charge in [-0.25, -0.2) is 4.98 Å². The van der Waals surface area contributed by atoms with Gasteiger partial charge in [0.05, 0.1) is 12.1 Å². The molecule has 1 aromatic rings. The normalized spacial score (nSPS) is 22.6. The van der Waals surface area contributed by atoms with Crippen LogP contribution in [-0.2, 0) is 6.42 Å². The Kier molecular flexibility index (Phi) is 4.60. The average Bonchev–Trinajstić information content (AvgIpc) is 2.45. The Bertz CT molecular complexity index is 490. The second-order valence-corrected chi connectivity index (χ2v) is 5.46. The number of pyridine rings is 1. The van der Waals surface area contributed by atoms with Gasteiger partial charge in [0.15, 0.2) is 0 Å². The molecule has 1 amide bonds.